The third kappa shape index (κ3) is 14.3. The van der Waals surface area contributed by atoms with Crippen molar-refractivity contribution < 1.29 is 5.11 Å². The van der Waals surface area contributed by atoms with Gasteiger partial charge in [0.2, 0.25) is 0 Å². The Balaban J connectivity index is 2.83. The molecule has 2 heteroatoms. The zero-order chi connectivity index (χ0) is 11.9. The summed E-state index contributed by atoms with van der Waals surface area (Å²) in [6, 6.07) is 0. The Morgan fingerprint density at radius 3 is 1.12 bits per heavy atom. The smallest absolute Gasteiger partial charge is 0.0431 e. The zero-order valence-electron chi connectivity index (χ0n) is 10.8. The first-order chi connectivity index (χ1) is 7.91. The lowest BCUT2D eigenvalue weighted by molar-refractivity contribution is 0.282. The van der Waals surface area contributed by atoms with E-state index in [4.69, 9.17) is 5.11 Å². The average Bonchev–Trinajstić information content (AvgIpc) is 2.31. The van der Waals surface area contributed by atoms with E-state index in [0.29, 0.717) is 6.61 Å². The molecule has 0 aliphatic rings. The summed E-state index contributed by atoms with van der Waals surface area (Å²) in [6.45, 7) is 0.367. The van der Waals surface area contributed by atoms with Crippen LogP contribution in [0.2, 0.25) is 0 Å². The van der Waals surface area contributed by atoms with Gasteiger partial charge in [0.25, 0.3) is 0 Å². The minimum atomic E-state index is 0.367. The molecule has 0 radical (unpaired) electrons. The van der Waals surface area contributed by atoms with Gasteiger partial charge in [-0.2, -0.15) is 12.6 Å². The first-order valence-corrected chi connectivity index (χ1v) is 7.76. The number of unbranched alkanes of at least 4 members (excludes halogenated alkanes) is 11. The summed E-state index contributed by atoms with van der Waals surface area (Å²) in [5, 5.41) is 8.62. The number of rotatable bonds is 13. The van der Waals surface area contributed by atoms with E-state index in [9.17, 15) is 0 Å². The van der Waals surface area contributed by atoms with Crippen LogP contribution in [0.3, 0.4) is 0 Å². The Morgan fingerprint density at radius 2 is 0.812 bits per heavy atom. The predicted molar refractivity (Wildman–Crippen MR) is 76.3 cm³/mol. The SMILES string of the molecule is OCCCCCCCCCCCCCCS. The highest BCUT2D eigenvalue weighted by atomic mass is 32.1. The monoisotopic (exact) mass is 246 g/mol. The predicted octanol–water partition coefficient (Wildman–Crippen LogP) is 4.59. The molecular formula is C14H30OS. The minimum Gasteiger partial charge on any atom is -0.396 e. The summed E-state index contributed by atoms with van der Waals surface area (Å²) in [7, 11) is 0. The molecule has 0 atom stereocenters. The van der Waals surface area contributed by atoms with Gasteiger partial charge < -0.3 is 5.11 Å². The van der Waals surface area contributed by atoms with Crippen LogP contribution in [0.4, 0.5) is 0 Å². The maximum atomic E-state index is 8.62. The van der Waals surface area contributed by atoms with Gasteiger partial charge in [-0.05, 0) is 18.6 Å². The number of hydrogen-bond acceptors (Lipinski definition) is 2. The van der Waals surface area contributed by atoms with Crippen molar-refractivity contribution in [3.05, 3.63) is 0 Å². The van der Waals surface area contributed by atoms with Gasteiger partial charge in [-0.3, -0.25) is 0 Å². The molecule has 0 heterocycles. The van der Waals surface area contributed by atoms with Crippen molar-refractivity contribution in [1.29, 1.82) is 0 Å². The second-order valence-electron chi connectivity index (χ2n) is 4.69. The Kier molecular flexibility index (Phi) is 15.6. The van der Waals surface area contributed by atoms with Gasteiger partial charge >= 0.3 is 0 Å². The third-order valence-electron chi connectivity index (χ3n) is 3.07. The average molecular weight is 246 g/mol. The molecule has 0 aliphatic carbocycles. The van der Waals surface area contributed by atoms with Gasteiger partial charge in [0.15, 0.2) is 0 Å². The summed E-state index contributed by atoms with van der Waals surface area (Å²) >= 11 is 4.21. The molecule has 1 N–H and O–H groups in total. The van der Waals surface area contributed by atoms with Crippen molar-refractivity contribution in [2.24, 2.45) is 0 Å². The molecular weight excluding hydrogens is 216 g/mol. The Morgan fingerprint density at radius 1 is 0.500 bits per heavy atom. The van der Waals surface area contributed by atoms with Crippen molar-refractivity contribution in [2.75, 3.05) is 12.4 Å². The van der Waals surface area contributed by atoms with Crippen LogP contribution in [0, 0.1) is 0 Å². The van der Waals surface area contributed by atoms with Crippen LogP contribution in [-0.2, 0) is 0 Å². The first kappa shape index (κ1) is 16.3. The van der Waals surface area contributed by atoms with E-state index in [-0.39, 0.29) is 0 Å². The fourth-order valence-electron chi connectivity index (χ4n) is 1.99. The number of thiol groups is 1. The van der Waals surface area contributed by atoms with E-state index >= 15 is 0 Å². The fourth-order valence-corrected chi connectivity index (χ4v) is 2.21. The van der Waals surface area contributed by atoms with Gasteiger partial charge in [0.05, 0.1) is 0 Å². The van der Waals surface area contributed by atoms with E-state index in [1.165, 1.54) is 70.6 Å². The molecule has 1 nitrogen and oxygen atoms in total. The summed E-state index contributed by atoms with van der Waals surface area (Å²) in [5.41, 5.74) is 0. The molecule has 0 spiro atoms. The van der Waals surface area contributed by atoms with Gasteiger partial charge in [0, 0.05) is 6.61 Å². The van der Waals surface area contributed by atoms with Crippen LogP contribution in [-0.4, -0.2) is 17.5 Å². The van der Waals surface area contributed by atoms with Crippen LogP contribution < -0.4 is 0 Å². The minimum absolute atomic E-state index is 0.367. The molecule has 0 unspecified atom stereocenters. The van der Waals surface area contributed by atoms with E-state index in [1.807, 2.05) is 0 Å². The van der Waals surface area contributed by atoms with Crippen LogP contribution in [0.25, 0.3) is 0 Å². The summed E-state index contributed by atoms with van der Waals surface area (Å²) in [6.07, 6.45) is 16.0. The highest BCUT2D eigenvalue weighted by Gasteiger charge is 1.93. The summed E-state index contributed by atoms with van der Waals surface area (Å²) in [4.78, 5) is 0. The molecule has 16 heavy (non-hydrogen) atoms. The molecule has 0 aromatic carbocycles. The largest absolute Gasteiger partial charge is 0.396 e. The fraction of sp³-hybridized carbons (Fsp3) is 1.00. The summed E-state index contributed by atoms with van der Waals surface area (Å²) in [5.74, 6) is 1.05. The van der Waals surface area contributed by atoms with Crippen molar-refractivity contribution in [2.45, 2.75) is 77.0 Å². The second kappa shape index (κ2) is 15.3. The highest BCUT2D eigenvalue weighted by Crippen LogP contribution is 2.11. The van der Waals surface area contributed by atoms with E-state index in [0.717, 1.165) is 12.2 Å². The Hall–Kier alpha value is 0.310. The molecule has 0 fully saturated rings. The van der Waals surface area contributed by atoms with Crippen LogP contribution in [0.5, 0.6) is 0 Å². The van der Waals surface area contributed by atoms with Crippen LogP contribution in [0.1, 0.15) is 77.0 Å². The molecule has 0 aromatic rings. The second-order valence-corrected chi connectivity index (χ2v) is 5.14. The number of aliphatic hydroxyl groups is 1. The van der Waals surface area contributed by atoms with Crippen LogP contribution in [0.15, 0.2) is 0 Å². The lowest BCUT2D eigenvalue weighted by atomic mass is 10.1. The van der Waals surface area contributed by atoms with Crippen molar-refractivity contribution in [1.82, 2.24) is 0 Å². The van der Waals surface area contributed by atoms with Gasteiger partial charge in [0.1, 0.15) is 0 Å². The zero-order valence-corrected chi connectivity index (χ0v) is 11.7. The highest BCUT2D eigenvalue weighted by molar-refractivity contribution is 7.80. The molecule has 98 valence electrons. The third-order valence-corrected chi connectivity index (χ3v) is 3.38. The normalized spacial score (nSPS) is 10.9. The molecule has 0 rings (SSSR count). The van der Waals surface area contributed by atoms with Crippen molar-refractivity contribution in [3.8, 4) is 0 Å². The van der Waals surface area contributed by atoms with E-state index in [1.54, 1.807) is 0 Å². The number of hydrogen-bond donors (Lipinski definition) is 2. The lowest BCUT2D eigenvalue weighted by Crippen LogP contribution is -1.85. The number of aliphatic hydroxyl groups excluding tert-OH is 1. The quantitative estimate of drug-likeness (QED) is 0.360. The molecule has 0 saturated heterocycles. The molecule has 0 saturated carbocycles. The van der Waals surface area contributed by atoms with E-state index < -0.39 is 0 Å². The molecule has 0 amide bonds. The molecule has 0 bridgehead atoms. The Bertz CT molecular complexity index is 103. The lowest BCUT2D eigenvalue weighted by Gasteiger charge is -2.02. The Labute approximate surface area is 107 Å². The van der Waals surface area contributed by atoms with Gasteiger partial charge in [-0.25, -0.2) is 0 Å². The van der Waals surface area contributed by atoms with Crippen molar-refractivity contribution in [3.63, 3.8) is 0 Å². The van der Waals surface area contributed by atoms with E-state index in [2.05, 4.69) is 12.6 Å². The topological polar surface area (TPSA) is 20.2 Å². The molecule has 0 aliphatic heterocycles. The standard InChI is InChI=1S/C14H30OS/c15-13-11-9-7-5-3-1-2-4-6-8-10-12-14-16/h15-16H,1-14H2. The van der Waals surface area contributed by atoms with Crippen LogP contribution >= 0.6 is 12.6 Å². The van der Waals surface area contributed by atoms with Crippen molar-refractivity contribution >= 4 is 12.6 Å². The molecule has 0 aromatic heterocycles. The maximum Gasteiger partial charge on any atom is 0.0431 e. The summed E-state index contributed by atoms with van der Waals surface area (Å²) < 4.78 is 0. The van der Waals surface area contributed by atoms with Gasteiger partial charge in [-0.1, -0.05) is 64.2 Å². The first-order valence-electron chi connectivity index (χ1n) is 7.13. The maximum absolute atomic E-state index is 8.62. The van der Waals surface area contributed by atoms with Gasteiger partial charge in [-0.15, -0.1) is 0 Å².